The Bertz CT molecular complexity index is 636. The summed E-state index contributed by atoms with van der Waals surface area (Å²) in [7, 11) is 0. The molecule has 3 rings (SSSR count). The van der Waals surface area contributed by atoms with Crippen molar-refractivity contribution >= 4 is 11.3 Å². The highest BCUT2D eigenvalue weighted by Gasteiger charge is 2.33. The molecule has 1 atom stereocenters. The number of thiazole rings is 1. The third-order valence-corrected chi connectivity index (χ3v) is 4.34. The van der Waals surface area contributed by atoms with Gasteiger partial charge in [-0.2, -0.15) is 13.2 Å². The summed E-state index contributed by atoms with van der Waals surface area (Å²) in [6, 6.07) is 5.50. The maximum Gasteiger partial charge on any atom is 0.417 e. The van der Waals surface area contributed by atoms with Gasteiger partial charge in [-0.05, 0) is 19.0 Å². The van der Waals surface area contributed by atoms with Gasteiger partial charge in [0.15, 0.2) is 0 Å². The molecular formula is C15H15F3N2OS. The van der Waals surface area contributed by atoms with Crippen LogP contribution in [-0.4, -0.2) is 24.2 Å². The number of ether oxygens (including phenoxy) is 1. The molecule has 2 heterocycles. The molecule has 0 radical (unpaired) electrons. The molecule has 0 amide bonds. The first-order valence-corrected chi connectivity index (χ1v) is 7.85. The standard InChI is InChI=1S/C15H15F3N2OS/c16-15(17,18)12-4-2-1-3-11(12)13-9-22-14(20-13)8-21-10-5-6-19-7-10/h1-4,9-10,19H,5-8H2. The number of halogens is 3. The maximum atomic E-state index is 13.0. The van der Waals surface area contributed by atoms with Gasteiger partial charge in [0.05, 0.1) is 24.0 Å². The van der Waals surface area contributed by atoms with Crippen molar-refractivity contribution in [1.82, 2.24) is 10.3 Å². The molecule has 0 bridgehead atoms. The first kappa shape index (κ1) is 15.5. The highest BCUT2D eigenvalue weighted by atomic mass is 32.1. The lowest BCUT2D eigenvalue weighted by molar-refractivity contribution is -0.137. The zero-order valence-electron chi connectivity index (χ0n) is 11.7. The van der Waals surface area contributed by atoms with E-state index in [2.05, 4.69) is 10.3 Å². The summed E-state index contributed by atoms with van der Waals surface area (Å²) < 4.78 is 44.8. The number of benzene rings is 1. The van der Waals surface area contributed by atoms with E-state index in [4.69, 9.17) is 4.74 Å². The maximum absolute atomic E-state index is 13.0. The summed E-state index contributed by atoms with van der Waals surface area (Å²) in [4.78, 5) is 4.29. The first-order valence-electron chi connectivity index (χ1n) is 6.97. The van der Waals surface area contributed by atoms with Crippen molar-refractivity contribution < 1.29 is 17.9 Å². The van der Waals surface area contributed by atoms with Gasteiger partial charge in [0, 0.05) is 17.5 Å². The lowest BCUT2D eigenvalue weighted by Crippen LogP contribution is -2.16. The van der Waals surface area contributed by atoms with Crippen LogP contribution in [-0.2, 0) is 17.5 Å². The molecule has 118 valence electrons. The lowest BCUT2D eigenvalue weighted by atomic mass is 10.1. The van der Waals surface area contributed by atoms with Crippen molar-refractivity contribution in [2.24, 2.45) is 0 Å². The summed E-state index contributed by atoms with van der Waals surface area (Å²) in [5.74, 6) is 0. The summed E-state index contributed by atoms with van der Waals surface area (Å²) in [5.41, 5.74) is -0.200. The van der Waals surface area contributed by atoms with Gasteiger partial charge in [-0.25, -0.2) is 4.98 Å². The molecule has 1 aliphatic heterocycles. The minimum Gasteiger partial charge on any atom is -0.370 e. The number of aromatic nitrogens is 1. The Morgan fingerprint density at radius 2 is 2.14 bits per heavy atom. The SMILES string of the molecule is FC(F)(F)c1ccccc1-c1csc(COC2CCNC2)n1. The average molecular weight is 328 g/mol. The minimum atomic E-state index is -4.38. The number of nitrogens with zero attached hydrogens (tertiary/aromatic N) is 1. The number of rotatable bonds is 4. The Labute approximate surface area is 130 Å². The van der Waals surface area contributed by atoms with Gasteiger partial charge in [-0.3, -0.25) is 0 Å². The number of alkyl halides is 3. The van der Waals surface area contributed by atoms with E-state index in [0.717, 1.165) is 25.6 Å². The Morgan fingerprint density at radius 1 is 1.32 bits per heavy atom. The quantitative estimate of drug-likeness (QED) is 0.929. The molecule has 1 aromatic carbocycles. The smallest absolute Gasteiger partial charge is 0.370 e. The molecule has 1 aliphatic rings. The molecule has 7 heteroatoms. The predicted molar refractivity (Wildman–Crippen MR) is 78.6 cm³/mol. The van der Waals surface area contributed by atoms with Gasteiger partial charge >= 0.3 is 6.18 Å². The van der Waals surface area contributed by atoms with Crippen LogP contribution in [0, 0.1) is 0 Å². The van der Waals surface area contributed by atoms with Crippen molar-refractivity contribution in [3.05, 3.63) is 40.2 Å². The van der Waals surface area contributed by atoms with Crippen LogP contribution >= 0.6 is 11.3 Å². The van der Waals surface area contributed by atoms with Gasteiger partial charge in [-0.15, -0.1) is 11.3 Å². The highest BCUT2D eigenvalue weighted by Crippen LogP contribution is 2.37. The number of hydrogen-bond donors (Lipinski definition) is 1. The third-order valence-electron chi connectivity index (χ3n) is 3.52. The fraction of sp³-hybridized carbons (Fsp3) is 0.400. The summed E-state index contributed by atoms with van der Waals surface area (Å²) in [6.07, 6.45) is -3.27. The lowest BCUT2D eigenvalue weighted by Gasteiger charge is -2.11. The molecule has 1 N–H and O–H groups in total. The normalized spacial score (nSPS) is 18.8. The summed E-state index contributed by atoms with van der Waals surface area (Å²) in [6.45, 7) is 2.09. The van der Waals surface area contributed by atoms with Crippen molar-refractivity contribution in [2.45, 2.75) is 25.3 Å². The first-order chi connectivity index (χ1) is 10.5. The number of hydrogen-bond acceptors (Lipinski definition) is 4. The molecule has 22 heavy (non-hydrogen) atoms. The third kappa shape index (κ3) is 3.48. The van der Waals surface area contributed by atoms with Crippen molar-refractivity contribution in [2.75, 3.05) is 13.1 Å². The molecular weight excluding hydrogens is 313 g/mol. The molecule has 1 saturated heterocycles. The van der Waals surface area contributed by atoms with Crippen LogP contribution in [0.5, 0.6) is 0 Å². The molecule has 1 unspecified atom stereocenters. The van der Waals surface area contributed by atoms with Crippen molar-refractivity contribution in [3.63, 3.8) is 0 Å². The number of nitrogens with one attached hydrogen (secondary N) is 1. The highest BCUT2D eigenvalue weighted by molar-refractivity contribution is 7.09. The van der Waals surface area contributed by atoms with E-state index in [1.165, 1.54) is 23.5 Å². The summed E-state index contributed by atoms with van der Waals surface area (Å²) in [5, 5.41) is 5.54. The zero-order valence-corrected chi connectivity index (χ0v) is 12.5. The van der Waals surface area contributed by atoms with Crippen LogP contribution in [0.25, 0.3) is 11.3 Å². The fourth-order valence-corrected chi connectivity index (χ4v) is 3.13. The fourth-order valence-electron chi connectivity index (χ4n) is 2.41. The van der Waals surface area contributed by atoms with E-state index in [1.807, 2.05) is 0 Å². The second kappa shape index (κ2) is 6.36. The monoisotopic (exact) mass is 328 g/mol. The van der Waals surface area contributed by atoms with E-state index < -0.39 is 11.7 Å². The largest absolute Gasteiger partial charge is 0.417 e. The Balaban J connectivity index is 1.76. The molecule has 3 nitrogen and oxygen atoms in total. The van der Waals surface area contributed by atoms with E-state index >= 15 is 0 Å². The topological polar surface area (TPSA) is 34.1 Å². The minimum absolute atomic E-state index is 0.111. The van der Waals surface area contributed by atoms with Crippen LogP contribution in [0.2, 0.25) is 0 Å². The van der Waals surface area contributed by atoms with E-state index in [9.17, 15) is 13.2 Å². The van der Waals surface area contributed by atoms with E-state index in [1.54, 1.807) is 11.4 Å². The predicted octanol–water partition coefficient (Wildman–Crippen LogP) is 3.71. The van der Waals surface area contributed by atoms with Gasteiger partial charge in [-0.1, -0.05) is 18.2 Å². The van der Waals surface area contributed by atoms with Crippen LogP contribution in [0.1, 0.15) is 17.0 Å². The molecule has 0 spiro atoms. The van der Waals surface area contributed by atoms with E-state index in [-0.39, 0.29) is 11.7 Å². The van der Waals surface area contributed by atoms with Gasteiger partial charge in [0.1, 0.15) is 5.01 Å². The van der Waals surface area contributed by atoms with E-state index in [0.29, 0.717) is 17.3 Å². The Morgan fingerprint density at radius 3 is 2.86 bits per heavy atom. The van der Waals surface area contributed by atoms with Crippen LogP contribution < -0.4 is 5.32 Å². The average Bonchev–Trinajstić information content (AvgIpc) is 3.16. The molecule has 2 aromatic rings. The van der Waals surface area contributed by atoms with Crippen molar-refractivity contribution in [3.8, 4) is 11.3 Å². The Kier molecular flexibility index (Phi) is 4.46. The summed E-state index contributed by atoms with van der Waals surface area (Å²) >= 11 is 1.32. The molecule has 1 aromatic heterocycles. The second-order valence-electron chi connectivity index (χ2n) is 5.10. The van der Waals surface area contributed by atoms with Gasteiger partial charge < -0.3 is 10.1 Å². The van der Waals surface area contributed by atoms with Gasteiger partial charge in [0.2, 0.25) is 0 Å². The van der Waals surface area contributed by atoms with Crippen LogP contribution in [0.4, 0.5) is 13.2 Å². The Hall–Kier alpha value is -1.44. The van der Waals surface area contributed by atoms with Crippen LogP contribution in [0.15, 0.2) is 29.6 Å². The molecule has 0 aliphatic carbocycles. The molecule has 1 fully saturated rings. The second-order valence-corrected chi connectivity index (χ2v) is 6.04. The van der Waals surface area contributed by atoms with Crippen LogP contribution in [0.3, 0.4) is 0 Å². The van der Waals surface area contributed by atoms with Crippen molar-refractivity contribution in [1.29, 1.82) is 0 Å². The zero-order chi connectivity index (χ0) is 15.6. The van der Waals surface area contributed by atoms with Gasteiger partial charge in [0.25, 0.3) is 0 Å². The molecule has 0 saturated carbocycles.